The van der Waals surface area contributed by atoms with E-state index in [9.17, 15) is 18.7 Å². The van der Waals surface area contributed by atoms with E-state index in [1.807, 2.05) is 49.4 Å². The van der Waals surface area contributed by atoms with Crippen molar-refractivity contribution < 1.29 is 18.6 Å². The van der Waals surface area contributed by atoms with Crippen LogP contribution in [0.2, 0.25) is 0 Å². The second-order valence-corrected chi connectivity index (χ2v) is 9.18. The number of ether oxygens (including phenoxy) is 1. The lowest BCUT2D eigenvalue weighted by Gasteiger charge is -2.17. The number of nitrogens with zero attached hydrogens (tertiary/aromatic N) is 3. The minimum Gasteiger partial charge on any atom is -0.394 e. The highest BCUT2D eigenvalue weighted by Crippen LogP contribution is 2.36. The van der Waals surface area contributed by atoms with Gasteiger partial charge in [-0.15, -0.1) is 0 Å². The van der Waals surface area contributed by atoms with Gasteiger partial charge in [0.25, 0.3) is 5.56 Å². The number of halogens is 2. The Labute approximate surface area is 228 Å². The van der Waals surface area contributed by atoms with Crippen LogP contribution >= 0.6 is 0 Å². The number of H-pyrrole nitrogens is 1. The lowest BCUT2D eigenvalue weighted by atomic mass is 10.0. The Morgan fingerprint density at radius 1 is 1.02 bits per heavy atom. The summed E-state index contributed by atoms with van der Waals surface area (Å²) in [5.74, 6) is -1.15. The van der Waals surface area contributed by atoms with E-state index in [4.69, 9.17) is 4.74 Å². The molecule has 2 heterocycles. The topological polar surface area (TPSA) is 105 Å². The molecule has 0 aliphatic rings. The summed E-state index contributed by atoms with van der Waals surface area (Å²) in [5, 5.41) is 24.9. The number of aromatic nitrogens is 4. The van der Waals surface area contributed by atoms with Crippen molar-refractivity contribution in [1.82, 2.24) is 20.0 Å². The van der Waals surface area contributed by atoms with E-state index in [0.29, 0.717) is 29.4 Å². The molecule has 1 atom stereocenters. The largest absolute Gasteiger partial charge is 0.394 e. The first-order chi connectivity index (χ1) is 19.4. The van der Waals surface area contributed by atoms with Crippen LogP contribution in [0.5, 0.6) is 0 Å². The molecule has 0 fully saturated rings. The van der Waals surface area contributed by atoms with Gasteiger partial charge in [0.2, 0.25) is 0 Å². The van der Waals surface area contributed by atoms with Crippen LogP contribution in [0.25, 0.3) is 28.2 Å². The molecular weight excluding hydrogens is 516 g/mol. The molecule has 3 N–H and O–H groups in total. The molecule has 5 aromatic rings. The van der Waals surface area contributed by atoms with Gasteiger partial charge >= 0.3 is 0 Å². The quantitative estimate of drug-likeness (QED) is 0.232. The third-order valence-corrected chi connectivity index (χ3v) is 6.39. The molecule has 5 rings (SSSR count). The van der Waals surface area contributed by atoms with Crippen molar-refractivity contribution in [3.8, 4) is 28.2 Å². The first kappa shape index (κ1) is 26.9. The maximum Gasteiger partial charge on any atom is 0.271 e. The maximum atomic E-state index is 14.9. The number of aliphatic hydroxyl groups is 1. The molecule has 0 bridgehead atoms. The summed E-state index contributed by atoms with van der Waals surface area (Å²) < 4.78 is 35.7. The molecule has 0 unspecified atom stereocenters. The number of aryl methyl sites for hydroxylation is 1. The number of para-hydroxylation sites is 1. The second-order valence-electron chi connectivity index (χ2n) is 9.18. The van der Waals surface area contributed by atoms with E-state index in [1.165, 1.54) is 22.9 Å². The first-order valence-corrected chi connectivity index (χ1v) is 12.7. The highest BCUT2D eigenvalue weighted by atomic mass is 19.1. The van der Waals surface area contributed by atoms with Crippen molar-refractivity contribution in [3.05, 3.63) is 118 Å². The van der Waals surface area contributed by atoms with Crippen LogP contribution in [0.4, 0.5) is 14.6 Å². The molecule has 0 aliphatic carbocycles. The molecule has 2 aromatic heterocycles. The zero-order chi connectivity index (χ0) is 28.1. The van der Waals surface area contributed by atoms with Crippen molar-refractivity contribution >= 4 is 5.82 Å². The smallest absolute Gasteiger partial charge is 0.271 e. The minimum absolute atomic E-state index is 0.0511. The van der Waals surface area contributed by atoms with E-state index in [0.717, 1.165) is 23.3 Å². The summed E-state index contributed by atoms with van der Waals surface area (Å²) >= 11 is 0. The summed E-state index contributed by atoms with van der Waals surface area (Å²) in [6.07, 6.45) is -0.573. The van der Waals surface area contributed by atoms with Gasteiger partial charge < -0.3 is 15.2 Å². The summed E-state index contributed by atoms with van der Waals surface area (Å²) in [6, 6.07) is 23.0. The van der Waals surface area contributed by atoms with Crippen LogP contribution in [-0.2, 0) is 11.3 Å². The highest BCUT2D eigenvalue weighted by Gasteiger charge is 2.23. The van der Waals surface area contributed by atoms with E-state index >= 15 is 0 Å². The number of nitrogens with one attached hydrogen (secondary N) is 2. The van der Waals surface area contributed by atoms with Crippen LogP contribution < -0.4 is 10.9 Å². The predicted molar refractivity (Wildman–Crippen MR) is 148 cm³/mol. The van der Waals surface area contributed by atoms with Gasteiger partial charge in [0, 0.05) is 24.2 Å². The van der Waals surface area contributed by atoms with Crippen molar-refractivity contribution in [3.63, 3.8) is 0 Å². The molecule has 0 spiro atoms. The number of aliphatic hydroxyl groups excluding tert-OH is 1. The molecule has 0 saturated heterocycles. The number of hydrogen-bond acceptors (Lipinski definition) is 6. The minimum atomic E-state index is -0.800. The van der Waals surface area contributed by atoms with E-state index < -0.39 is 17.7 Å². The third-order valence-electron chi connectivity index (χ3n) is 6.39. The summed E-state index contributed by atoms with van der Waals surface area (Å²) in [4.78, 5) is 12.8. The molecule has 0 radical (unpaired) electrons. The van der Waals surface area contributed by atoms with Gasteiger partial charge in [-0.3, -0.25) is 9.89 Å². The van der Waals surface area contributed by atoms with E-state index in [2.05, 4.69) is 20.6 Å². The predicted octanol–water partition coefficient (Wildman–Crippen LogP) is 4.87. The Kier molecular flexibility index (Phi) is 8.09. The van der Waals surface area contributed by atoms with Gasteiger partial charge in [-0.05, 0) is 42.3 Å². The summed E-state index contributed by atoms with van der Waals surface area (Å²) in [6.45, 7) is 2.10. The Bertz CT molecular complexity index is 1670. The second kappa shape index (κ2) is 12.0. The van der Waals surface area contributed by atoms with Gasteiger partial charge in [0.05, 0.1) is 36.3 Å². The Balaban J connectivity index is 1.52. The van der Waals surface area contributed by atoms with Crippen LogP contribution in [0, 0.1) is 18.6 Å². The van der Waals surface area contributed by atoms with Crippen LogP contribution in [0.3, 0.4) is 0 Å². The fourth-order valence-corrected chi connectivity index (χ4v) is 4.29. The summed E-state index contributed by atoms with van der Waals surface area (Å²) in [7, 11) is 0. The zero-order valence-electron chi connectivity index (χ0n) is 21.6. The first-order valence-electron chi connectivity index (χ1n) is 12.7. The normalized spacial score (nSPS) is 11.9. The number of rotatable bonds is 10. The molecule has 204 valence electrons. The van der Waals surface area contributed by atoms with Crippen molar-refractivity contribution in [2.24, 2.45) is 0 Å². The number of hydrogen-bond donors (Lipinski definition) is 3. The molecule has 3 aromatic carbocycles. The SMILES string of the molecule is Cc1ccccc1-n1nc(-c2c(-c3ccc(F)cc3F)n[nH]c2NC[C@@H](CO)OCc2ccccc2)ccc1=O. The average Bonchev–Trinajstić information content (AvgIpc) is 3.38. The van der Waals surface area contributed by atoms with Crippen LogP contribution in [-0.4, -0.2) is 44.3 Å². The Morgan fingerprint density at radius 3 is 2.55 bits per heavy atom. The monoisotopic (exact) mass is 543 g/mol. The Morgan fingerprint density at radius 2 is 1.80 bits per heavy atom. The van der Waals surface area contributed by atoms with Gasteiger partial charge in [-0.1, -0.05) is 48.5 Å². The molecular formula is C30H27F2N5O3. The van der Waals surface area contributed by atoms with Gasteiger partial charge in [0.15, 0.2) is 0 Å². The molecule has 40 heavy (non-hydrogen) atoms. The number of aromatic amines is 1. The number of anilines is 1. The van der Waals surface area contributed by atoms with Crippen molar-refractivity contribution in [1.29, 1.82) is 0 Å². The molecule has 8 nitrogen and oxygen atoms in total. The van der Waals surface area contributed by atoms with E-state index in [-0.39, 0.29) is 30.0 Å². The summed E-state index contributed by atoms with van der Waals surface area (Å²) in [5.41, 5.74) is 2.96. The van der Waals surface area contributed by atoms with Crippen LogP contribution in [0.1, 0.15) is 11.1 Å². The van der Waals surface area contributed by atoms with Crippen molar-refractivity contribution in [2.75, 3.05) is 18.5 Å². The molecule has 10 heteroatoms. The standard InChI is InChI=1S/C30H27F2N5O3/c1-19-7-5-6-10-26(19)37-27(39)14-13-25(36-37)28-29(23-12-11-21(31)15-24(23)32)34-35-30(28)33-16-22(17-38)40-18-20-8-3-2-4-9-20/h2-15,22,38H,16-18H2,1H3,(H2,33,34,35)/t22-/m0/s1. The van der Waals surface area contributed by atoms with Crippen LogP contribution in [0.15, 0.2) is 89.7 Å². The molecule has 0 amide bonds. The van der Waals surface area contributed by atoms with E-state index in [1.54, 1.807) is 12.1 Å². The van der Waals surface area contributed by atoms with Crippen molar-refractivity contribution in [2.45, 2.75) is 19.6 Å². The molecule has 0 saturated carbocycles. The molecule has 0 aliphatic heterocycles. The third kappa shape index (κ3) is 5.83. The lowest BCUT2D eigenvalue weighted by molar-refractivity contribution is 0.0109. The Hall–Kier alpha value is -4.67. The van der Waals surface area contributed by atoms with Gasteiger partial charge in [-0.25, -0.2) is 8.78 Å². The lowest BCUT2D eigenvalue weighted by Crippen LogP contribution is -2.27. The average molecular weight is 544 g/mol. The number of benzene rings is 3. The van der Waals surface area contributed by atoms with Gasteiger partial charge in [0.1, 0.15) is 23.1 Å². The maximum absolute atomic E-state index is 14.9. The van der Waals surface area contributed by atoms with Gasteiger partial charge in [-0.2, -0.15) is 14.9 Å². The fraction of sp³-hybridized carbons (Fsp3) is 0.167. The highest BCUT2D eigenvalue weighted by molar-refractivity contribution is 5.87. The fourth-order valence-electron chi connectivity index (χ4n) is 4.29. The zero-order valence-corrected chi connectivity index (χ0v) is 21.6.